The van der Waals surface area contributed by atoms with E-state index in [1.165, 1.54) is 0 Å². The molecule has 0 aliphatic carbocycles. The van der Waals surface area contributed by atoms with Gasteiger partial charge in [0.15, 0.2) is 0 Å². The highest BCUT2D eigenvalue weighted by Gasteiger charge is 2.31. The number of carbonyl (C=O) groups excluding carboxylic acids is 2. The van der Waals surface area contributed by atoms with Crippen molar-refractivity contribution in [1.29, 1.82) is 0 Å². The normalized spacial score (nSPS) is 11.1. The van der Waals surface area contributed by atoms with Crippen molar-refractivity contribution < 1.29 is 31.5 Å². The lowest BCUT2D eigenvalue weighted by atomic mass is 10.2. The molecule has 0 bridgehead atoms. The van der Waals surface area contributed by atoms with E-state index >= 15 is 0 Å². The number of anilines is 2. The lowest BCUT2D eigenvalue weighted by molar-refractivity contribution is -0.137. The molecule has 0 aliphatic rings. The molecule has 0 heterocycles. The molecular weight excluding hydrogens is 371 g/mol. The zero-order valence-electron chi connectivity index (χ0n) is 12.0. The molecule has 0 fully saturated rings. The Morgan fingerprint density at radius 2 is 1.48 bits per heavy atom. The number of hydrogen-bond donors (Lipinski definition) is 2. The summed E-state index contributed by atoms with van der Waals surface area (Å²) < 4.78 is 64.8. The Morgan fingerprint density at radius 1 is 0.920 bits per heavy atom. The number of benzene rings is 2. The summed E-state index contributed by atoms with van der Waals surface area (Å²) in [5.41, 5.74) is -2.45. The molecule has 4 nitrogen and oxygen atoms in total. The predicted octanol–water partition coefficient (Wildman–Crippen LogP) is 4.21. The largest absolute Gasteiger partial charge is 0.416 e. The highest BCUT2D eigenvalue weighted by atomic mass is 35.5. The summed E-state index contributed by atoms with van der Waals surface area (Å²) in [6.45, 7) is 0. The van der Waals surface area contributed by atoms with Crippen LogP contribution in [0.2, 0.25) is 5.02 Å². The molecule has 2 amide bonds. The average molecular weight is 379 g/mol. The molecule has 0 aliphatic heterocycles. The zero-order chi connectivity index (χ0) is 18.8. The van der Waals surface area contributed by atoms with E-state index in [4.69, 9.17) is 11.6 Å². The Labute approximate surface area is 142 Å². The third kappa shape index (κ3) is 4.44. The molecule has 0 unspecified atom stereocenters. The quantitative estimate of drug-likeness (QED) is 0.607. The Morgan fingerprint density at radius 3 is 2.04 bits per heavy atom. The van der Waals surface area contributed by atoms with Gasteiger partial charge in [0.05, 0.1) is 16.3 Å². The SMILES string of the molecule is O=C(Nc1cc(C(F)(F)F)ccc1Cl)C(=O)Nc1c(F)cccc1F. The standard InChI is InChI=1S/C15H8ClF5N2O2/c16-8-5-4-7(15(19,20)21)6-11(8)22-13(24)14(25)23-12-9(17)2-1-3-10(12)18/h1-6H,(H,22,24)(H,23,25). The van der Waals surface area contributed by atoms with Crippen LogP contribution in [0.3, 0.4) is 0 Å². The molecule has 2 aromatic rings. The van der Waals surface area contributed by atoms with Crippen molar-refractivity contribution in [1.82, 2.24) is 0 Å². The van der Waals surface area contributed by atoms with E-state index in [0.717, 1.165) is 24.3 Å². The fourth-order valence-corrected chi connectivity index (χ4v) is 1.93. The van der Waals surface area contributed by atoms with Gasteiger partial charge in [-0.05, 0) is 30.3 Å². The van der Waals surface area contributed by atoms with Crippen molar-refractivity contribution in [3.8, 4) is 0 Å². The van der Waals surface area contributed by atoms with E-state index in [1.54, 1.807) is 5.32 Å². The molecule has 132 valence electrons. The van der Waals surface area contributed by atoms with Crippen molar-refractivity contribution in [3.05, 3.63) is 58.6 Å². The predicted molar refractivity (Wildman–Crippen MR) is 80.1 cm³/mol. The first-order chi connectivity index (χ1) is 11.6. The van der Waals surface area contributed by atoms with E-state index < -0.39 is 46.6 Å². The number of halogens is 6. The van der Waals surface area contributed by atoms with Crippen LogP contribution >= 0.6 is 11.6 Å². The van der Waals surface area contributed by atoms with Crippen molar-refractivity contribution >= 4 is 34.8 Å². The number of para-hydroxylation sites is 1. The Kier molecular flexibility index (Phi) is 5.27. The third-order valence-corrected chi connectivity index (χ3v) is 3.28. The monoisotopic (exact) mass is 378 g/mol. The van der Waals surface area contributed by atoms with Crippen LogP contribution in [0.5, 0.6) is 0 Å². The maximum absolute atomic E-state index is 13.4. The van der Waals surface area contributed by atoms with E-state index in [0.29, 0.717) is 12.1 Å². The number of rotatable bonds is 2. The molecule has 25 heavy (non-hydrogen) atoms. The van der Waals surface area contributed by atoms with Crippen molar-refractivity contribution in [2.45, 2.75) is 6.18 Å². The highest BCUT2D eigenvalue weighted by Crippen LogP contribution is 2.33. The van der Waals surface area contributed by atoms with Crippen LogP contribution in [0, 0.1) is 11.6 Å². The second-order valence-electron chi connectivity index (χ2n) is 4.70. The number of amides is 2. The van der Waals surface area contributed by atoms with Crippen molar-refractivity contribution in [3.63, 3.8) is 0 Å². The number of hydrogen-bond acceptors (Lipinski definition) is 2. The molecule has 0 spiro atoms. The van der Waals surface area contributed by atoms with Gasteiger partial charge in [0, 0.05) is 0 Å². The van der Waals surface area contributed by atoms with Gasteiger partial charge in [0.1, 0.15) is 17.3 Å². The first-order valence-electron chi connectivity index (χ1n) is 6.52. The van der Waals surface area contributed by atoms with Gasteiger partial charge >= 0.3 is 18.0 Å². The Balaban J connectivity index is 2.18. The summed E-state index contributed by atoms with van der Waals surface area (Å²) in [4.78, 5) is 23.4. The van der Waals surface area contributed by atoms with Crippen molar-refractivity contribution in [2.24, 2.45) is 0 Å². The first kappa shape index (κ1) is 18.7. The molecule has 0 atom stereocenters. The zero-order valence-corrected chi connectivity index (χ0v) is 12.8. The fourth-order valence-electron chi connectivity index (χ4n) is 1.76. The topological polar surface area (TPSA) is 58.2 Å². The second kappa shape index (κ2) is 7.06. The van der Waals surface area contributed by atoms with Crippen LogP contribution < -0.4 is 10.6 Å². The van der Waals surface area contributed by atoms with Gasteiger partial charge in [-0.15, -0.1) is 0 Å². The molecule has 2 rings (SSSR count). The smallest absolute Gasteiger partial charge is 0.316 e. The van der Waals surface area contributed by atoms with Crippen LogP contribution in [-0.4, -0.2) is 11.8 Å². The highest BCUT2D eigenvalue weighted by molar-refractivity contribution is 6.44. The molecule has 0 radical (unpaired) electrons. The minimum absolute atomic E-state index is 0.258. The molecule has 0 saturated heterocycles. The second-order valence-corrected chi connectivity index (χ2v) is 5.10. The van der Waals surface area contributed by atoms with Crippen LogP contribution in [0.15, 0.2) is 36.4 Å². The van der Waals surface area contributed by atoms with Gasteiger partial charge in [-0.25, -0.2) is 8.78 Å². The summed E-state index contributed by atoms with van der Waals surface area (Å²) in [7, 11) is 0. The van der Waals surface area contributed by atoms with E-state index in [2.05, 4.69) is 0 Å². The van der Waals surface area contributed by atoms with Gasteiger partial charge in [-0.3, -0.25) is 9.59 Å². The Hall–Kier alpha value is -2.68. The van der Waals surface area contributed by atoms with Crippen molar-refractivity contribution in [2.75, 3.05) is 10.6 Å². The van der Waals surface area contributed by atoms with E-state index in [1.807, 2.05) is 5.32 Å². The molecule has 2 aromatic carbocycles. The van der Waals surface area contributed by atoms with E-state index in [-0.39, 0.29) is 5.02 Å². The summed E-state index contributed by atoms with van der Waals surface area (Å²) in [5.74, 6) is -5.20. The molecule has 0 aromatic heterocycles. The maximum atomic E-state index is 13.4. The summed E-state index contributed by atoms with van der Waals surface area (Å²) in [6, 6.07) is 4.84. The van der Waals surface area contributed by atoms with Crippen LogP contribution in [0.1, 0.15) is 5.56 Å². The molecular formula is C15H8ClF5N2O2. The van der Waals surface area contributed by atoms with Crippen LogP contribution in [0.4, 0.5) is 33.3 Å². The van der Waals surface area contributed by atoms with Crippen LogP contribution in [-0.2, 0) is 15.8 Å². The lowest BCUT2D eigenvalue weighted by Crippen LogP contribution is -2.30. The van der Waals surface area contributed by atoms with Gasteiger partial charge < -0.3 is 10.6 Å². The van der Waals surface area contributed by atoms with Gasteiger partial charge in [-0.1, -0.05) is 17.7 Å². The lowest BCUT2D eigenvalue weighted by Gasteiger charge is -2.12. The minimum Gasteiger partial charge on any atom is -0.316 e. The van der Waals surface area contributed by atoms with Crippen LogP contribution in [0.25, 0.3) is 0 Å². The molecule has 0 saturated carbocycles. The number of alkyl halides is 3. The van der Waals surface area contributed by atoms with Gasteiger partial charge in [0.25, 0.3) is 0 Å². The number of carbonyl (C=O) groups is 2. The minimum atomic E-state index is -4.69. The summed E-state index contributed by atoms with van der Waals surface area (Å²) in [5, 5.41) is 3.29. The maximum Gasteiger partial charge on any atom is 0.416 e. The summed E-state index contributed by atoms with van der Waals surface area (Å²) in [6.07, 6.45) is -4.69. The third-order valence-electron chi connectivity index (χ3n) is 2.95. The Bertz CT molecular complexity index is 819. The fraction of sp³-hybridized carbons (Fsp3) is 0.0667. The van der Waals surface area contributed by atoms with E-state index in [9.17, 15) is 31.5 Å². The number of nitrogens with one attached hydrogen (secondary N) is 2. The molecule has 10 heteroatoms. The summed E-state index contributed by atoms with van der Waals surface area (Å²) >= 11 is 5.67. The molecule has 2 N–H and O–H groups in total. The first-order valence-corrected chi connectivity index (χ1v) is 6.90. The van der Waals surface area contributed by atoms with Gasteiger partial charge in [-0.2, -0.15) is 13.2 Å². The average Bonchev–Trinajstić information content (AvgIpc) is 2.51. The van der Waals surface area contributed by atoms with Gasteiger partial charge in [0.2, 0.25) is 0 Å².